The summed E-state index contributed by atoms with van der Waals surface area (Å²) in [4.78, 5) is 0. The Morgan fingerprint density at radius 3 is 2.12 bits per heavy atom. The van der Waals surface area contributed by atoms with Crippen molar-refractivity contribution >= 4 is 27.2 Å². The van der Waals surface area contributed by atoms with Gasteiger partial charge in [0, 0.05) is 27.9 Å². The topological polar surface area (TPSA) is 84.9 Å². The lowest BCUT2D eigenvalue weighted by atomic mass is 9.76. The van der Waals surface area contributed by atoms with Gasteiger partial charge >= 0.3 is 0 Å². The second kappa shape index (κ2) is 6.25. The quantitative estimate of drug-likeness (QED) is 0.273. The van der Waals surface area contributed by atoms with Gasteiger partial charge in [-0.3, -0.25) is 0 Å². The van der Waals surface area contributed by atoms with E-state index in [0.717, 1.165) is 43.8 Å². The summed E-state index contributed by atoms with van der Waals surface area (Å²) in [7, 11) is 0. The predicted octanol–water partition coefficient (Wildman–Crippen LogP) is 5.70. The number of benzene rings is 5. The highest BCUT2D eigenvalue weighted by Gasteiger charge is 2.52. The summed E-state index contributed by atoms with van der Waals surface area (Å²) >= 11 is 0. The number of anilines is 1. The highest BCUT2D eigenvalue weighted by molar-refractivity contribution is 5.91. The Hall–Kier alpha value is -4.06. The summed E-state index contributed by atoms with van der Waals surface area (Å²) in [5, 5.41) is 24.7. The molecule has 1 spiro atoms. The van der Waals surface area contributed by atoms with Crippen molar-refractivity contribution in [2.75, 3.05) is 5.73 Å². The molecule has 2 aliphatic rings. The molecule has 0 aromatic heterocycles. The number of rotatable bonds is 0. The number of aromatic hydroxyl groups is 1. The van der Waals surface area contributed by atoms with E-state index in [1.165, 1.54) is 0 Å². The van der Waals surface area contributed by atoms with Gasteiger partial charge in [-0.15, -0.1) is 0 Å². The number of ether oxygens (including phenoxy) is 2. The van der Waals surface area contributed by atoms with Gasteiger partial charge < -0.3 is 25.4 Å². The summed E-state index contributed by atoms with van der Waals surface area (Å²) < 4.78 is 12.9. The fraction of sp³-hybridized carbons (Fsp3) is 0.0714. The van der Waals surface area contributed by atoms with Crippen LogP contribution in [0.5, 0.6) is 17.2 Å². The van der Waals surface area contributed by atoms with Crippen molar-refractivity contribution < 1.29 is 19.7 Å². The smallest absolute Gasteiger partial charge is 0.183 e. The minimum Gasteiger partial charge on any atom is -0.508 e. The standard InChI is InChI=1S/C28H19NO4/c29-19-7-5-15-11-23-25(13-17(15)9-19)32-26-14-18-10-20(30)8-6-16(18)12-24(26)28(23)22-4-2-1-3-21(22)27(31)33-28/h1-14,27,30-31H,29H2. The van der Waals surface area contributed by atoms with E-state index in [1.54, 1.807) is 12.1 Å². The molecule has 7 rings (SSSR count). The number of aliphatic hydroxyl groups excluding tert-OH is 1. The first-order valence-electron chi connectivity index (χ1n) is 10.8. The van der Waals surface area contributed by atoms with E-state index in [1.807, 2.05) is 66.7 Å². The second-order valence-corrected chi connectivity index (χ2v) is 8.68. The maximum atomic E-state index is 10.9. The molecule has 160 valence electrons. The molecule has 5 aromatic rings. The van der Waals surface area contributed by atoms with Crippen LogP contribution in [-0.4, -0.2) is 10.2 Å². The monoisotopic (exact) mass is 433 g/mol. The number of hydrogen-bond donors (Lipinski definition) is 3. The van der Waals surface area contributed by atoms with Crippen LogP contribution in [0.1, 0.15) is 28.5 Å². The van der Waals surface area contributed by atoms with E-state index >= 15 is 0 Å². The van der Waals surface area contributed by atoms with Crippen molar-refractivity contribution in [1.82, 2.24) is 0 Å². The van der Waals surface area contributed by atoms with Crippen molar-refractivity contribution in [3.63, 3.8) is 0 Å². The predicted molar refractivity (Wildman–Crippen MR) is 126 cm³/mol. The largest absolute Gasteiger partial charge is 0.508 e. The van der Waals surface area contributed by atoms with Crippen molar-refractivity contribution in [2.24, 2.45) is 0 Å². The van der Waals surface area contributed by atoms with E-state index in [0.29, 0.717) is 17.2 Å². The summed E-state index contributed by atoms with van der Waals surface area (Å²) in [6, 6.07) is 26.7. The van der Waals surface area contributed by atoms with Crippen molar-refractivity contribution in [2.45, 2.75) is 11.9 Å². The van der Waals surface area contributed by atoms with Crippen LogP contribution >= 0.6 is 0 Å². The van der Waals surface area contributed by atoms with Crippen LogP contribution in [0, 0.1) is 0 Å². The van der Waals surface area contributed by atoms with Gasteiger partial charge in [0.2, 0.25) is 0 Å². The summed E-state index contributed by atoms with van der Waals surface area (Å²) in [5.74, 6) is 1.45. The maximum Gasteiger partial charge on any atom is 0.183 e. The minimum absolute atomic E-state index is 0.188. The van der Waals surface area contributed by atoms with Gasteiger partial charge in [0.25, 0.3) is 0 Å². The molecule has 2 heterocycles. The van der Waals surface area contributed by atoms with Gasteiger partial charge in [-0.1, -0.05) is 36.4 Å². The first kappa shape index (κ1) is 18.5. The molecule has 0 bridgehead atoms. The molecule has 0 saturated carbocycles. The third-order valence-electron chi connectivity index (χ3n) is 6.76. The lowest BCUT2D eigenvalue weighted by Crippen LogP contribution is -2.32. The zero-order valence-corrected chi connectivity index (χ0v) is 17.4. The van der Waals surface area contributed by atoms with E-state index < -0.39 is 11.9 Å². The van der Waals surface area contributed by atoms with Crippen molar-refractivity contribution in [3.8, 4) is 17.2 Å². The number of fused-ring (bicyclic) bond motifs is 8. The van der Waals surface area contributed by atoms with E-state index in [2.05, 4.69) is 6.07 Å². The van der Waals surface area contributed by atoms with Crippen LogP contribution < -0.4 is 10.5 Å². The number of nitrogen functional groups attached to an aromatic ring is 1. The average Bonchev–Trinajstić information content (AvgIpc) is 3.10. The first-order chi connectivity index (χ1) is 16.0. The fourth-order valence-electron chi connectivity index (χ4n) is 5.29. The van der Waals surface area contributed by atoms with Gasteiger partial charge in [0.05, 0.1) is 0 Å². The van der Waals surface area contributed by atoms with Crippen LogP contribution in [0.2, 0.25) is 0 Å². The molecule has 4 N–H and O–H groups in total. The molecule has 0 aliphatic carbocycles. The number of phenols is 1. The normalized spacial score (nSPS) is 20.5. The molecule has 2 atom stereocenters. The van der Waals surface area contributed by atoms with Crippen LogP contribution in [0.3, 0.4) is 0 Å². The zero-order chi connectivity index (χ0) is 22.3. The van der Waals surface area contributed by atoms with Gasteiger partial charge in [0.1, 0.15) is 17.2 Å². The highest BCUT2D eigenvalue weighted by atomic mass is 16.6. The third-order valence-corrected chi connectivity index (χ3v) is 6.76. The number of aliphatic hydroxyl groups is 1. The molecule has 5 nitrogen and oxygen atoms in total. The number of hydrogen-bond acceptors (Lipinski definition) is 5. The van der Waals surface area contributed by atoms with Crippen LogP contribution in [0.4, 0.5) is 5.69 Å². The fourth-order valence-corrected chi connectivity index (χ4v) is 5.29. The maximum absolute atomic E-state index is 10.9. The SMILES string of the molecule is Nc1ccc2cc3c(cc2c1)Oc1cc2cc(O)ccc2cc1C31OC(O)c2ccccc21. The molecule has 2 unspecified atom stereocenters. The van der Waals surface area contributed by atoms with Gasteiger partial charge in [-0.05, 0) is 70.1 Å². The van der Waals surface area contributed by atoms with Crippen molar-refractivity contribution in [3.05, 3.63) is 107 Å². The molecular formula is C28H19NO4. The van der Waals surface area contributed by atoms with Crippen LogP contribution in [0.25, 0.3) is 21.5 Å². The van der Waals surface area contributed by atoms with Gasteiger partial charge in [-0.25, -0.2) is 0 Å². The molecule has 0 saturated heterocycles. The minimum atomic E-state index is -1.07. The summed E-state index contributed by atoms with van der Waals surface area (Å²) in [6.07, 6.45) is -1.07. The summed E-state index contributed by atoms with van der Waals surface area (Å²) in [6.45, 7) is 0. The molecule has 5 heteroatoms. The Morgan fingerprint density at radius 1 is 0.697 bits per heavy atom. The molecule has 2 aliphatic heterocycles. The Labute approximate surface area is 189 Å². The number of phenolic OH excluding ortho intramolecular Hbond substituents is 1. The lowest BCUT2D eigenvalue weighted by molar-refractivity contribution is -0.142. The molecule has 0 amide bonds. The Bertz CT molecular complexity index is 1530. The molecular weight excluding hydrogens is 414 g/mol. The zero-order valence-electron chi connectivity index (χ0n) is 17.4. The Balaban J connectivity index is 1.61. The van der Waals surface area contributed by atoms with E-state index in [9.17, 15) is 10.2 Å². The lowest BCUT2D eigenvalue weighted by Gasteiger charge is -2.38. The average molecular weight is 433 g/mol. The van der Waals surface area contributed by atoms with Crippen molar-refractivity contribution in [1.29, 1.82) is 0 Å². The molecule has 33 heavy (non-hydrogen) atoms. The first-order valence-corrected chi connectivity index (χ1v) is 10.8. The highest BCUT2D eigenvalue weighted by Crippen LogP contribution is 2.59. The Morgan fingerprint density at radius 2 is 1.36 bits per heavy atom. The van der Waals surface area contributed by atoms with Crippen LogP contribution in [-0.2, 0) is 10.3 Å². The second-order valence-electron chi connectivity index (χ2n) is 8.68. The molecule has 0 radical (unpaired) electrons. The Kier molecular flexibility index (Phi) is 3.51. The third kappa shape index (κ3) is 2.43. The summed E-state index contributed by atoms with van der Waals surface area (Å²) in [5.41, 5.74) is 8.92. The molecule has 0 fully saturated rings. The van der Waals surface area contributed by atoms with E-state index in [-0.39, 0.29) is 5.75 Å². The van der Waals surface area contributed by atoms with Gasteiger partial charge in [0.15, 0.2) is 11.9 Å². The molecule has 5 aromatic carbocycles. The van der Waals surface area contributed by atoms with E-state index in [4.69, 9.17) is 15.2 Å². The van der Waals surface area contributed by atoms with Gasteiger partial charge in [-0.2, -0.15) is 0 Å². The van der Waals surface area contributed by atoms with Crippen LogP contribution in [0.15, 0.2) is 84.9 Å². The number of nitrogens with two attached hydrogens (primary N) is 1.